The first-order valence-electron chi connectivity index (χ1n) is 8.66. The van der Waals surface area contributed by atoms with Gasteiger partial charge in [-0.25, -0.2) is 9.37 Å². The maximum Gasteiger partial charge on any atom is 0.225 e. The van der Waals surface area contributed by atoms with E-state index in [0.29, 0.717) is 28.7 Å². The Morgan fingerprint density at radius 1 is 1.08 bits per heavy atom. The van der Waals surface area contributed by atoms with E-state index in [2.05, 4.69) is 39.4 Å². The molecule has 0 aliphatic carbocycles. The van der Waals surface area contributed by atoms with Gasteiger partial charge in [0, 0.05) is 29.6 Å². The summed E-state index contributed by atoms with van der Waals surface area (Å²) in [7, 11) is 0. The van der Waals surface area contributed by atoms with E-state index in [-0.39, 0.29) is 11.9 Å². The van der Waals surface area contributed by atoms with Crippen molar-refractivity contribution in [1.82, 2.24) is 15.0 Å². The molecule has 3 rings (SSSR count). The smallest absolute Gasteiger partial charge is 0.225 e. The fourth-order valence-corrected chi connectivity index (χ4v) is 2.42. The monoisotopic (exact) mass is 351 g/mol. The Kier molecular flexibility index (Phi) is 5.41. The number of nitrogens with zero attached hydrogens (tertiary/aromatic N) is 3. The number of halogens is 1. The molecule has 0 saturated heterocycles. The van der Waals surface area contributed by atoms with Crippen molar-refractivity contribution in [2.24, 2.45) is 0 Å². The predicted molar refractivity (Wildman–Crippen MR) is 103 cm³/mol. The number of pyridine rings is 1. The minimum atomic E-state index is -0.257. The Morgan fingerprint density at radius 2 is 1.92 bits per heavy atom. The second kappa shape index (κ2) is 7.91. The third-order valence-electron chi connectivity index (χ3n) is 4.17. The molecule has 134 valence electrons. The summed E-state index contributed by atoms with van der Waals surface area (Å²) in [6.07, 6.45) is 2.67. The summed E-state index contributed by atoms with van der Waals surface area (Å²) in [4.78, 5) is 13.5. The largest absolute Gasteiger partial charge is 0.352 e. The van der Waals surface area contributed by atoms with Gasteiger partial charge in [-0.15, -0.1) is 0 Å². The molecule has 3 aromatic rings. The number of hydrogen-bond donors (Lipinski definition) is 2. The van der Waals surface area contributed by atoms with Crippen LogP contribution in [0.25, 0.3) is 11.4 Å². The average molecular weight is 351 g/mol. The van der Waals surface area contributed by atoms with Gasteiger partial charge >= 0.3 is 0 Å². The molecule has 26 heavy (non-hydrogen) atoms. The van der Waals surface area contributed by atoms with Crippen molar-refractivity contribution in [2.75, 3.05) is 10.6 Å². The van der Waals surface area contributed by atoms with E-state index < -0.39 is 0 Å². The highest BCUT2D eigenvalue weighted by atomic mass is 19.1. The third kappa shape index (κ3) is 4.14. The summed E-state index contributed by atoms with van der Waals surface area (Å²) in [5.74, 6) is 0.839. The quantitative estimate of drug-likeness (QED) is 0.658. The summed E-state index contributed by atoms with van der Waals surface area (Å²) >= 11 is 0. The number of benzene rings is 1. The maximum absolute atomic E-state index is 13.8. The van der Waals surface area contributed by atoms with Crippen molar-refractivity contribution < 1.29 is 4.39 Å². The molecule has 2 N–H and O–H groups in total. The van der Waals surface area contributed by atoms with Crippen molar-refractivity contribution in [2.45, 2.75) is 33.2 Å². The van der Waals surface area contributed by atoms with E-state index in [9.17, 15) is 4.39 Å². The molecule has 0 aliphatic heterocycles. The Balaban J connectivity index is 2.00. The van der Waals surface area contributed by atoms with Crippen LogP contribution in [0.3, 0.4) is 0 Å². The van der Waals surface area contributed by atoms with Crippen molar-refractivity contribution in [3.8, 4) is 11.4 Å². The number of aromatic nitrogens is 3. The lowest BCUT2D eigenvalue weighted by molar-refractivity contribution is 0.619. The van der Waals surface area contributed by atoms with Gasteiger partial charge in [-0.05, 0) is 44.5 Å². The molecule has 5 nitrogen and oxygen atoms in total. The second-order valence-corrected chi connectivity index (χ2v) is 6.17. The van der Waals surface area contributed by atoms with Gasteiger partial charge < -0.3 is 10.6 Å². The maximum atomic E-state index is 13.8. The molecular weight excluding hydrogens is 329 g/mol. The molecule has 6 heteroatoms. The summed E-state index contributed by atoms with van der Waals surface area (Å²) in [5, 5.41) is 6.49. The van der Waals surface area contributed by atoms with Crippen LogP contribution in [0.4, 0.5) is 21.8 Å². The Labute approximate surface area is 152 Å². The van der Waals surface area contributed by atoms with Gasteiger partial charge in [-0.2, -0.15) is 4.98 Å². The lowest BCUT2D eigenvalue weighted by atomic mass is 10.2. The van der Waals surface area contributed by atoms with Gasteiger partial charge in [-0.3, -0.25) is 4.98 Å². The van der Waals surface area contributed by atoms with Gasteiger partial charge in [0.1, 0.15) is 11.6 Å². The van der Waals surface area contributed by atoms with Gasteiger partial charge in [-0.1, -0.05) is 19.1 Å². The van der Waals surface area contributed by atoms with Crippen LogP contribution >= 0.6 is 0 Å². The van der Waals surface area contributed by atoms with E-state index in [1.54, 1.807) is 19.2 Å². The van der Waals surface area contributed by atoms with E-state index in [4.69, 9.17) is 0 Å². The fraction of sp³-hybridized carbons (Fsp3) is 0.250. The van der Waals surface area contributed by atoms with Crippen LogP contribution in [-0.4, -0.2) is 21.0 Å². The molecule has 2 aromatic heterocycles. The van der Waals surface area contributed by atoms with Gasteiger partial charge in [0.25, 0.3) is 0 Å². The minimum absolute atomic E-state index is 0.234. The van der Waals surface area contributed by atoms with Crippen LogP contribution in [0.15, 0.2) is 48.7 Å². The van der Waals surface area contributed by atoms with Crippen molar-refractivity contribution in [3.05, 3.63) is 60.0 Å². The summed E-state index contributed by atoms with van der Waals surface area (Å²) in [6, 6.07) is 12.6. The van der Waals surface area contributed by atoms with Crippen LogP contribution < -0.4 is 10.6 Å². The molecule has 1 aromatic carbocycles. The summed E-state index contributed by atoms with van der Waals surface area (Å²) in [6.45, 7) is 5.90. The number of hydrogen-bond acceptors (Lipinski definition) is 5. The molecule has 0 radical (unpaired) electrons. The molecule has 0 fully saturated rings. The zero-order chi connectivity index (χ0) is 18.5. The topological polar surface area (TPSA) is 62.7 Å². The molecule has 0 saturated carbocycles. The molecule has 1 atom stereocenters. The number of rotatable bonds is 6. The summed E-state index contributed by atoms with van der Waals surface area (Å²) < 4.78 is 13.8. The predicted octanol–water partition coefficient (Wildman–Crippen LogP) is 4.94. The van der Waals surface area contributed by atoms with Crippen molar-refractivity contribution >= 4 is 17.5 Å². The zero-order valence-corrected chi connectivity index (χ0v) is 15.1. The summed E-state index contributed by atoms with van der Waals surface area (Å²) in [5.41, 5.74) is 2.66. The Hall–Kier alpha value is -3.02. The van der Waals surface area contributed by atoms with Gasteiger partial charge in [0.2, 0.25) is 5.95 Å². The Bertz CT molecular complexity index is 883. The molecule has 0 spiro atoms. The minimum Gasteiger partial charge on any atom is -0.352 e. The highest BCUT2D eigenvalue weighted by Crippen LogP contribution is 2.25. The highest BCUT2D eigenvalue weighted by Gasteiger charge is 2.11. The lowest BCUT2D eigenvalue weighted by Crippen LogP contribution is -2.16. The van der Waals surface area contributed by atoms with E-state index in [0.717, 1.165) is 12.1 Å². The van der Waals surface area contributed by atoms with Crippen LogP contribution in [0.5, 0.6) is 0 Å². The van der Waals surface area contributed by atoms with E-state index in [1.807, 2.05) is 30.3 Å². The van der Waals surface area contributed by atoms with Gasteiger partial charge in [0.15, 0.2) is 0 Å². The van der Waals surface area contributed by atoms with Crippen LogP contribution in [0, 0.1) is 12.7 Å². The van der Waals surface area contributed by atoms with Crippen LogP contribution in [0.2, 0.25) is 0 Å². The Morgan fingerprint density at radius 3 is 2.65 bits per heavy atom. The first-order valence-corrected chi connectivity index (χ1v) is 8.66. The molecule has 0 bridgehead atoms. The van der Waals surface area contributed by atoms with E-state index >= 15 is 0 Å². The molecule has 0 aliphatic rings. The van der Waals surface area contributed by atoms with Crippen molar-refractivity contribution in [1.29, 1.82) is 0 Å². The van der Waals surface area contributed by atoms with Crippen LogP contribution in [0.1, 0.15) is 25.8 Å². The lowest BCUT2D eigenvalue weighted by Gasteiger charge is -2.15. The SMILES string of the molecule is CC[C@@H](C)Nc1nc(Nc2cccc(F)c2C)cc(-c2ccccn2)n1. The molecule has 2 heterocycles. The first kappa shape index (κ1) is 17.8. The zero-order valence-electron chi connectivity index (χ0n) is 15.1. The standard InChI is InChI=1S/C20H22FN5/c1-4-13(2)23-20-25-18(17-9-5-6-11-22-17)12-19(26-20)24-16-10-7-8-15(21)14(16)3/h5-13H,4H2,1-3H3,(H2,23,24,25,26)/t13-/m1/s1. The first-order chi connectivity index (χ1) is 12.6. The second-order valence-electron chi connectivity index (χ2n) is 6.17. The third-order valence-corrected chi connectivity index (χ3v) is 4.17. The fourth-order valence-electron chi connectivity index (χ4n) is 2.42. The highest BCUT2D eigenvalue weighted by molar-refractivity contribution is 5.66. The number of nitrogens with one attached hydrogen (secondary N) is 2. The number of anilines is 3. The molecule has 0 unspecified atom stereocenters. The van der Waals surface area contributed by atoms with Crippen LogP contribution in [-0.2, 0) is 0 Å². The normalized spacial score (nSPS) is 11.8. The van der Waals surface area contributed by atoms with E-state index in [1.165, 1.54) is 6.07 Å². The molecule has 0 amide bonds. The average Bonchev–Trinajstić information content (AvgIpc) is 2.66. The van der Waals surface area contributed by atoms with Crippen molar-refractivity contribution in [3.63, 3.8) is 0 Å². The van der Waals surface area contributed by atoms with Gasteiger partial charge in [0.05, 0.1) is 11.4 Å². The molecular formula is C20H22FN5.